The maximum absolute atomic E-state index is 11.7. The van der Waals surface area contributed by atoms with Gasteiger partial charge in [-0.25, -0.2) is 13.1 Å². The Morgan fingerprint density at radius 3 is 2.90 bits per heavy atom. The number of benzene rings is 1. The van der Waals surface area contributed by atoms with Gasteiger partial charge in [0.1, 0.15) is 12.4 Å². The maximum atomic E-state index is 11.7. The Kier molecular flexibility index (Phi) is 4.61. The normalized spacial score (nSPS) is 17.9. The summed E-state index contributed by atoms with van der Waals surface area (Å²) in [4.78, 5) is 11.7. The molecule has 6 nitrogen and oxygen atoms in total. The summed E-state index contributed by atoms with van der Waals surface area (Å²) in [7, 11) is -3.25. The van der Waals surface area contributed by atoms with Gasteiger partial charge in [0.25, 0.3) is 0 Å². The summed E-state index contributed by atoms with van der Waals surface area (Å²) in [5.41, 5.74) is 1.07. The molecule has 0 aromatic heterocycles. The lowest BCUT2D eigenvalue weighted by Gasteiger charge is -2.26. The van der Waals surface area contributed by atoms with Crippen LogP contribution in [0, 0.1) is 0 Å². The molecule has 0 saturated heterocycles. The first-order valence-electron chi connectivity index (χ1n) is 6.39. The number of sulfonamides is 1. The maximum Gasteiger partial charge on any atom is 0.221 e. The van der Waals surface area contributed by atoms with E-state index in [-0.39, 0.29) is 24.9 Å². The van der Waals surface area contributed by atoms with Gasteiger partial charge in [-0.2, -0.15) is 0 Å². The van der Waals surface area contributed by atoms with Gasteiger partial charge in [0.2, 0.25) is 15.9 Å². The number of para-hydroxylation sites is 1. The lowest BCUT2D eigenvalue weighted by molar-refractivity contribution is -0.121. The van der Waals surface area contributed by atoms with Crippen LogP contribution in [0.25, 0.3) is 0 Å². The van der Waals surface area contributed by atoms with Crippen LogP contribution in [-0.2, 0) is 21.2 Å². The molecule has 20 heavy (non-hydrogen) atoms. The topological polar surface area (TPSA) is 84.5 Å². The average molecular weight is 298 g/mol. The van der Waals surface area contributed by atoms with Crippen molar-refractivity contribution in [3.8, 4) is 5.75 Å². The van der Waals surface area contributed by atoms with E-state index in [1.165, 1.54) is 0 Å². The van der Waals surface area contributed by atoms with Crippen LogP contribution in [0.5, 0.6) is 5.75 Å². The molecule has 1 aromatic rings. The highest BCUT2D eigenvalue weighted by Gasteiger charge is 2.20. The molecule has 2 rings (SSSR count). The third-order valence-corrected chi connectivity index (χ3v) is 3.69. The van der Waals surface area contributed by atoms with Crippen LogP contribution in [0.1, 0.15) is 12.0 Å². The van der Waals surface area contributed by atoms with Crippen molar-refractivity contribution in [2.45, 2.75) is 18.9 Å². The largest absolute Gasteiger partial charge is 0.491 e. The fourth-order valence-electron chi connectivity index (χ4n) is 2.07. The number of carbonyl (C=O) groups excluding carboxylic acids is 1. The molecule has 1 heterocycles. The first-order valence-corrected chi connectivity index (χ1v) is 8.28. The molecule has 0 fully saturated rings. The molecule has 7 heteroatoms. The Balaban J connectivity index is 1.79. The number of hydrogen-bond donors (Lipinski definition) is 2. The smallest absolute Gasteiger partial charge is 0.221 e. The van der Waals surface area contributed by atoms with Crippen molar-refractivity contribution in [2.24, 2.45) is 0 Å². The van der Waals surface area contributed by atoms with E-state index in [0.29, 0.717) is 6.61 Å². The predicted molar refractivity (Wildman–Crippen MR) is 75.0 cm³/mol. The van der Waals surface area contributed by atoms with Crippen molar-refractivity contribution in [3.05, 3.63) is 29.8 Å². The Hall–Kier alpha value is -1.60. The van der Waals surface area contributed by atoms with Crippen molar-refractivity contribution in [1.29, 1.82) is 0 Å². The molecule has 110 valence electrons. The van der Waals surface area contributed by atoms with E-state index in [0.717, 1.165) is 24.0 Å². The summed E-state index contributed by atoms with van der Waals surface area (Å²) in [5.74, 6) is 0.672. The second-order valence-corrected chi connectivity index (χ2v) is 6.64. The number of hydrogen-bond acceptors (Lipinski definition) is 4. The molecule has 1 amide bonds. The van der Waals surface area contributed by atoms with Crippen molar-refractivity contribution in [1.82, 2.24) is 10.0 Å². The number of nitrogens with one attached hydrogen (secondary N) is 2. The summed E-state index contributed by atoms with van der Waals surface area (Å²) >= 11 is 0. The van der Waals surface area contributed by atoms with E-state index in [9.17, 15) is 13.2 Å². The molecule has 0 bridgehead atoms. The predicted octanol–water partition coefficient (Wildman–Crippen LogP) is 0.0456. The minimum absolute atomic E-state index is 0.0735. The molecule has 1 aliphatic heterocycles. The fourth-order valence-corrected chi connectivity index (χ4v) is 2.54. The Morgan fingerprint density at radius 1 is 1.40 bits per heavy atom. The molecule has 0 spiro atoms. The van der Waals surface area contributed by atoms with E-state index in [2.05, 4.69) is 10.0 Å². The number of amides is 1. The van der Waals surface area contributed by atoms with Gasteiger partial charge in [0, 0.05) is 13.0 Å². The van der Waals surface area contributed by atoms with E-state index in [4.69, 9.17) is 4.74 Å². The summed E-state index contributed by atoms with van der Waals surface area (Å²) in [6, 6.07) is 7.65. The molecule has 0 aliphatic carbocycles. The second kappa shape index (κ2) is 6.23. The van der Waals surface area contributed by atoms with Gasteiger partial charge in [-0.1, -0.05) is 18.2 Å². The van der Waals surface area contributed by atoms with Crippen molar-refractivity contribution in [2.75, 3.05) is 19.4 Å². The van der Waals surface area contributed by atoms with E-state index >= 15 is 0 Å². The quantitative estimate of drug-likeness (QED) is 0.804. The SMILES string of the molecule is CS(=O)(=O)NCCC(=O)N[C@H]1COc2ccccc2C1. The highest BCUT2D eigenvalue weighted by atomic mass is 32.2. The lowest BCUT2D eigenvalue weighted by atomic mass is 10.0. The van der Waals surface area contributed by atoms with Gasteiger partial charge in [-0.15, -0.1) is 0 Å². The van der Waals surface area contributed by atoms with Crippen molar-refractivity contribution >= 4 is 15.9 Å². The number of fused-ring (bicyclic) bond motifs is 1. The zero-order chi connectivity index (χ0) is 14.6. The molecule has 0 radical (unpaired) electrons. The average Bonchev–Trinajstić information content (AvgIpc) is 2.37. The standard InChI is InChI=1S/C13H18N2O4S/c1-20(17,18)14-7-6-13(16)15-11-8-10-4-2-3-5-12(10)19-9-11/h2-5,11,14H,6-9H2,1H3,(H,15,16)/t11-/m1/s1. The molecular weight excluding hydrogens is 280 g/mol. The number of rotatable bonds is 5. The highest BCUT2D eigenvalue weighted by Crippen LogP contribution is 2.23. The Morgan fingerprint density at radius 2 is 2.15 bits per heavy atom. The first kappa shape index (κ1) is 14.8. The summed E-state index contributed by atoms with van der Waals surface area (Å²) in [6.45, 7) is 0.539. The molecule has 0 unspecified atom stereocenters. The molecule has 0 saturated carbocycles. The van der Waals surface area contributed by atoms with Crippen LogP contribution in [0.4, 0.5) is 0 Å². The Bertz CT molecular complexity index is 586. The number of carbonyl (C=O) groups is 1. The van der Waals surface area contributed by atoms with E-state index < -0.39 is 10.0 Å². The van der Waals surface area contributed by atoms with Gasteiger partial charge in [0.15, 0.2) is 0 Å². The van der Waals surface area contributed by atoms with Gasteiger partial charge in [-0.05, 0) is 18.1 Å². The molecular formula is C13H18N2O4S. The minimum atomic E-state index is -3.25. The third-order valence-electron chi connectivity index (χ3n) is 2.96. The van der Waals surface area contributed by atoms with Crippen LogP contribution in [0.3, 0.4) is 0 Å². The van der Waals surface area contributed by atoms with Crippen LogP contribution in [-0.4, -0.2) is 39.8 Å². The Labute approximate surface area is 118 Å². The fraction of sp³-hybridized carbons (Fsp3) is 0.462. The van der Waals surface area contributed by atoms with Crippen LogP contribution in [0.15, 0.2) is 24.3 Å². The zero-order valence-corrected chi connectivity index (χ0v) is 12.1. The molecule has 1 aromatic carbocycles. The van der Waals surface area contributed by atoms with Gasteiger partial charge in [0.05, 0.1) is 12.3 Å². The van der Waals surface area contributed by atoms with Gasteiger partial charge in [-0.3, -0.25) is 4.79 Å². The first-order chi connectivity index (χ1) is 9.44. The number of ether oxygens (including phenoxy) is 1. The van der Waals surface area contributed by atoms with Crippen molar-refractivity contribution < 1.29 is 17.9 Å². The minimum Gasteiger partial charge on any atom is -0.491 e. The van der Waals surface area contributed by atoms with Crippen LogP contribution >= 0.6 is 0 Å². The summed E-state index contributed by atoms with van der Waals surface area (Å²) < 4.78 is 29.6. The second-order valence-electron chi connectivity index (χ2n) is 4.80. The summed E-state index contributed by atoms with van der Waals surface area (Å²) in [6.07, 6.45) is 1.91. The van der Waals surface area contributed by atoms with Gasteiger partial charge < -0.3 is 10.1 Å². The van der Waals surface area contributed by atoms with Crippen LogP contribution in [0.2, 0.25) is 0 Å². The van der Waals surface area contributed by atoms with Crippen molar-refractivity contribution in [3.63, 3.8) is 0 Å². The third kappa shape index (κ3) is 4.50. The lowest BCUT2D eigenvalue weighted by Crippen LogP contribution is -2.43. The van der Waals surface area contributed by atoms with E-state index in [1.54, 1.807) is 0 Å². The monoisotopic (exact) mass is 298 g/mol. The van der Waals surface area contributed by atoms with Crippen LogP contribution < -0.4 is 14.8 Å². The molecule has 1 atom stereocenters. The summed E-state index contributed by atoms with van der Waals surface area (Å²) in [5, 5.41) is 2.85. The highest BCUT2D eigenvalue weighted by molar-refractivity contribution is 7.88. The van der Waals surface area contributed by atoms with E-state index in [1.807, 2.05) is 24.3 Å². The molecule has 2 N–H and O–H groups in total. The molecule has 1 aliphatic rings. The van der Waals surface area contributed by atoms with Gasteiger partial charge >= 0.3 is 0 Å². The zero-order valence-electron chi connectivity index (χ0n) is 11.3.